The second-order valence-electron chi connectivity index (χ2n) is 5.19. The first-order valence-corrected chi connectivity index (χ1v) is 7.13. The average Bonchev–Trinajstić information content (AvgIpc) is 2.45. The minimum atomic E-state index is -4.71. The summed E-state index contributed by atoms with van der Waals surface area (Å²) in [4.78, 5) is 1.91. The van der Waals surface area contributed by atoms with Crippen molar-refractivity contribution in [2.45, 2.75) is 12.4 Å². The fourth-order valence-electron chi connectivity index (χ4n) is 2.10. The molecule has 0 aliphatic heterocycles. The zero-order valence-corrected chi connectivity index (χ0v) is 13.3. The summed E-state index contributed by atoms with van der Waals surface area (Å²) >= 11 is 6.26. The molecule has 0 aliphatic carbocycles. The van der Waals surface area contributed by atoms with Crippen molar-refractivity contribution in [2.24, 2.45) is 5.73 Å². The van der Waals surface area contributed by atoms with Gasteiger partial charge in [-0.15, -0.1) is 13.2 Å². The van der Waals surface area contributed by atoms with Gasteiger partial charge >= 0.3 is 6.36 Å². The van der Waals surface area contributed by atoms with Crippen LogP contribution in [0.25, 0.3) is 0 Å². The van der Waals surface area contributed by atoms with Crippen molar-refractivity contribution in [1.82, 2.24) is 0 Å². The molecule has 0 fully saturated rings. The molecule has 0 aromatic heterocycles. The Morgan fingerprint density at radius 2 is 1.70 bits per heavy atom. The van der Waals surface area contributed by atoms with E-state index in [0.717, 1.165) is 5.69 Å². The third-order valence-corrected chi connectivity index (χ3v) is 3.64. The van der Waals surface area contributed by atoms with Gasteiger partial charge in [0.05, 0.1) is 6.04 Å². The third-order valence-electron chi connectivity index (χ3n) is 3.31. The van der Waals surface area contributed by atoms with Crippen LogP contribution in [0, 0.1) is 0 Å². The number of anilines is 1. The highest BCUT2D eigenvalue weighted by atomic mass is 35.5. The minimum absolute atomic E-state index is 0.289. The fraction of sp³-hybridized carbons (Fsp3) is 0.250. The van der Waals surface area contributed by atoms with Crippen LogP contribution >= 0.6 is 11.6 Å². The Bertz CT molecular complexity index is 672. The van der Waals surface area contributed by atoms with Crippen molar-refractivity contribution >= 4 is 17.3 Å². The van der Waals surface area contributed by atoms with E-state index in [1.54, 1.807) is 6.07 Å². The summed E-state index contributed by atoms with van der Waals surface area (Å²) in [6.45, 7) is 0. The van der Waals surface area contributed by atoms with Crippen molar-refractivity contribution in [3.63, 3.8) is 0 Å². The van der Waals surface area contributed by atoms with Crippen molar-refractivity contribution in [3.8, 4) is 5.75 Å². The molecule has 1 atom stereocenters. The molecule has 2 aromatic rings. The molecule has 0 saturated carbocycles. The molecule has 124 valence electrons. The van der Waals surface area contributed by atoms with Crippen molar-refractivity contribution < 1.29 is 17.9 Å². The smallest absolute Gasteiger partial charge is 0.406 e. The molecular formula is C16H16ClF3N2O. The number of hydrogen-bond acceptors (Lipinski definition) is 3. The highest BCUT2D eigenvalue weighted by molar-refractivity contribution is 6.31. The van der Waals surface area contributed by atoms with Gasteiger partial charge in [-0.2, -0.15) is 0 Å². The van der Waals surface area contributed by atoms with Gasteiger partial charge in [0.1, 0.15) is 5.75 Å². The largest absolute Gasteiger partial charge is 0.573 e. The molecule has 0 heterocycles. The fourth-order valence-corrected chi connectivity index (χ4v) is 2.40. The van der Waals surface area contributed by atoms with Gasteiger partial charge in [-0.25, -0.2) is 0 Å². The molecule has 2 aromatic carbocycles. The lowest BCUT2D eigenvalue weighted by Gasteiger charge is -2.18. The first-order valence-electron chi connectivity index (χ1n) is 6.75. The number of benzene rings is 2. The summed E-state index contributed by atoms with van der Waals surface area (Å²) in [7, 11) is 3.79. The number of hydrogen-bond donors (Lipinski definition) is 1. The number of ether oxygens (including phenoxy) is 1. The molecule has 0 amide bonds. The Hall–Kier alpha value is -1.92. The van der Waals surface area contributed by atoms with Crippen LogP contribution in [0.2, 0.25) is 5.02 Å². The first kappa shape index (κ1) is 17.4. The van der Waals surface area contributed by atoms with Gasteiger partial charge < -0.3 is 15.4 Å². The van der Waals surface area contributed by atoms with E-state index >= 15 is 0 Å². The van der Waals surface area contributed by atoms with Crippen LogP contribution in [-0.2, 0) is 0 Å². The summed E-state index contributed by atoms with van der Waals surface area (Å²) in [5, 5.41) is 0.499. The van der Waals surface area contributed by atoms with Crippen LogP contribution < -0.4 is 15.4 Å². The molecule has 2 N–H and O–H groups in total. The van der Waals surface area contributed by atoms with Gasteiger partial charge in [0, 0.05) is 24.8 Å². The Morgan fingerprint density at radius 3 is 2.17 bits per heavy atom. The molecule has 7 heteroatoms. The monoisotopic (exact) mass is 344 g/mol. The average molecular weight is 345 g/mol. The van der Waals surface area contributed by atoms with Gasteiger partial charge in [-0.05, 0) is 35.4 Å². The molecule has 23 heavy (non-hydrogen) atoms. The first-order chi connectivity index (χ1) is 10.7. The second-order valence-corrected chi connectivity index (χ2v) is 5.60. The van der Waals surface area contributed by atoms with E-state index in [4.69, 9.17) is 17.3 Å². The van der Waals surface area contributed by atoms with Crippen LogP contribution in [0.4, 0.5) is 18.9 Å². The summed E-state index contributed by atoms with van der Waals surface area (Å²) in [6, 6.07) is 10.4. The Balaban J connectivity index is 2.22. The van der Waals surface area contributed by atoms with Gasteiger partial charge in [-0.1, -0.05) is 29.8 Å². The van der Waals surface area contributed by atoms with E-state index in [9.17, 15) is 13.2 Å². The molecular weight excluding hydrogens is 329 g/mol. The number of nitrogens with zero attached hydrogens (tertiary/aromatic N) is 1. The van der Waals surface area contributed by atoms with Gasteiger partial charge in [0.25, 0.3) is 0 Å². The Morgan fingerprint density at radius 1 is 1.09 bits per heavy atom. The minimum Gasteiger partial charge on any atom is -0.406 e. The summed E-state index contributed by atoms with van der Waals surface area (Å²) in [5.41, 5.74) is 8.42. The SMILES string of the molecule is CN(C)c1ccc([C@@H](N)c2ccc(OC(F)(F)F)cc2)c(Cl)c1. The van der Waals surface area contributed by atoms with Crippen LogP contribution in [0.15, 0.2) is 42.5 Å². The molecule has 0 spiro atoms. The Labute approximate surface area is 137 Å². The lowest BCUT2D eigenvalue weighted by atomic mass is 9.99. The lowest BCUT2D eigenvalue weighted by molar-refractivity contribution is -0.274. The molecule has 0 aliphatic rings. The maximum atomic E-state index is 12.2. The summed E-state index contributed by atoms with van der Waals surface area (Å²) in [5.74, 6) is -0.289. The Kier molecular flexibility index (Phi) is 5.06. The highest BCUT2D eigenvalue weighted by Gasteiger charge is 2.31. The van der Waals surface area contributed by atoms with Gasteiger partial charge in [0.2, 0.25) is 0 Å². The molecule has 0 saturated heterocycles. The van der Waals surface area contributed by atoms with Crippen LogP contribution in [0.5, 0.6) is 5.75 Å². The van der Waals surface area contributed by atoms with E-state index < -0.39 is 12.4 Å². The van der Waals surface area contributed by atoms with Crippen LogP contribution in [0.1, 0.15) is 17.2 Å². The normalized spacial score (nSPS) is 12.8. The molecule has 0 unspecified atom stereocenters. The van der Waals surface area contributed by atoms with Crippen molar-refractivity contribution in [2.75, 3.05) is 19.0 Å². The number of rotatable bonds is 4. The van der Waals surface area contributed by atoms with Gasteiger partial charge in [0.15, 0.2) is 0 Å². The third kappa shape index (κ3) is 4.53. The number of nitrogens with two attached hydrogens (primary N) is 1. The zero-order chi connectivity index (χ0) is 17.2. The second kappa shape index (κ2) is 6.68. The van der Waals surface area contributed by atoms with E-state index in [-0.39, 0.29) is 5.75 Å². The predicted molar refractivity (Wildman–Crippen MR) is 84.9 cm³/mol. The summed E-state index contributed by atoms with van der Waals surface area (Å²) < 4.78 is 40.3. The van der Waals surface area contributed by atoms with E-state index in [1.807, 2.05) is 31.1 Å². The highest BCUT2D eigenvalue weighted by Crippen LogP contribution is 2.31. The maximum absolute atomic E-state index is 12.2. The van der Waals surface area contributed by atoms with Crippen LogP contribution in [0.3, 0.4) is 0 Å². The quantitative estimate of drug-likeness (QED) is 0.896. The van der Waals surface area contributed by atoms with E-state index in [2.05, 4.69) is 4.74 Å². The molecule has 0 radical (unpaired) electrons. The van der Waals surface area contributed by atoms with Gasteiger partial charge in [-0.3, -0.25) is 0 Å². The number of alkyl halides is 3. The van der Waals surface area contributed by atoms with Crippen molar-refractivity contribution in [1.29, 1.82) is 0 Å². The predicted octanol–water partition coefficient (Wildman–Crippen LogP) is 4.35. The van der Waals surface area contributed by atoms with E-state index in [1.165, 1.54) is 24.3 Å². The van der Waals surface area contributed by atoms with Crippen molar-refractivity contribution in [3.05, 3.63) is 58.6 Å². The molecule has 2 rings (SSSR count). The number of halogens is 4. The standard InChI is InChI=1S/C16H16ClF3N2O/c1-22(2)11-5-8-13(14(17)9-11)15(21)10-3-6-12(7-4-10)23-16(18,19)20/h3-9,15H,21H2,1-2H3/t15-/m0/s1. The molecule has 0 bridgehead atoms. The maximum Gasteiger partial charge on any atom is 0.573 e. The summed E-state index contributed by atoms with van der Waals surface area (Å²) in [6.07, 6.45) is -4.71. The molecule has 3 nitrogen and oxygen atoms in total. The lowest BCUT2D eigenvalue weighted by Crippen LogP contribution is -2.17. The van der Waals surface area contributed by atoms with Crippen LogP contribution in [-0.4, -0.2) is 20.5 Å². The zero-order valence-electron chi connectivity index (χ0n) is 12.6. The topological polar surface area (TPSA) is 38.5 Å². The van der Waals surface area contributed by atoms with E-state index in [0.29, 0.717) is 16.1 Å².